The van der Waals surface area contributed by atoms with Crippen LogP contribution >= 0.6 is 0 Å². The van der Waals surface area contributed by atoms with Crippen molar-refractivity contribution in [2.45, 2.75) is 26.9 Å². The van der Waals surface area contributed by atoms with E-state index in [-0.39, 0.29) is 11.1 Å². The average Bonchev–Trinajstić information content (AvgIpc) is 2.78. The average molecular weight is 291 g/mol. The van der Waals surface area contributed by atoms with Gasteiger partial charge < -0.3 is 9.26 Å². The van der Waals surface area contributed by atoms with Crippen molar-refractivity contribution in [3.63, 3.8) is 0 Å². The quantitative estimate of drug-likeness (QED) is 0.640. The molecule has 0 saturated heterocycles. The Hall–Kier alpha value is -2.50. The normalized spacial score (nSPS) is 12.0. The summed E-state index contributed by atoms with van der Waals surface area (Å²) in [4.78, 5) is 24.1. The van der Waals surface area contributed by atoms with E-state index in [9.17, 15) is 14.0 Å². The molecule has 2 rings (SSSR count). The second-order valence-corrected chi connectivity index (χ2v) is 4.62. The standard InChI is InChI=1S/C15H14FNO4/c1-8-13(9(2)21-17-8)15(19)20-10(3)14(18)11-4-6-12(16)7-5-11/h4-7,10H,1-3H3/t10-/m0/s1. The molecule has 0 amide bonds. The van der Waals surface area contributed by atoms with E-state index in [0.29, 0.717) is 11.5 Å². The molecule has 0 aliphatic carbocycles. The first-order valence-electron chi connectivity index (χ1n) is 6.33. The molecule has 110 valence electrons. The Balaban J connectivity index is 2.11. The maximum Gasteiger partial charge on any atom is 0.344 e. The van der Waals surface area contributed by atoms with Gasteiger partial charge in [0.05, 0.1) is 5.69 Å². The van der Waals surface area contributed by atoms with Gasteiger partial charge in [0.2, 0.25) is 5.78 Å². The molecule has 1 aromatic carbocycles. The molecule has 0 aliphatic heterocycles. The lowest BCUT2D eigenvalue weighted by molar-refractivity contribution is 0.0316. The third kappa shape index (κ3) is 3.16. The van der Waals surface area contributed by atoms with Gasteiger partial charge in [0.1, 0.15) is 17.1 Å². The molecule has 0 spiro atoms. The Morgan fingerprint density at radius 2 is 1.86 bits per heavy atom. The van der Waals surface area contributed by atoms with Crippen molar-refractivity contribution in [2.24, 2.45) is 0 Å². The first-order chi connectivity index (χ1) is 9.90. The van der Waals surface area contributed by atoms with Crippen LogP contribution in [0.3, 0.4) is 0 Å². The highest BCUT2D eigenvalue weighted by atomic mass is 19.1. The summed E-state index contributed by atoms with van der Waals surface area (Å²) in [5.74, 6) is -1.19. The number of hydrogen-bond acceptors (Lipinski definition) is 5. The largest absolute Gasteiger partial charge is 0.451 e. The number of nitrogens with zero attached hydrogens (tertiary/aromatic N) is 1. The Bertz CT molecular complexity index is 656. The van der Waals surface area contributed by atoms with Crippen LogP contribution in [-0.4, -0.2) is 23.0 Å². The van der Waals surface area contributed by atoms with Crippen molar-refractivity contribution in [1.29, 1.82) is 0 Å². The van der Waals surface area contributed by atoms with E-state index in [1.54, 1.807) is 13.8 Å². The van der Waals surface area contributed by atoms with Crippen LogP contribution in [0.25, 0.3) is 0 Å². The molecule has 2 aromatic rings. The summed E-state index contributed by atoms with van der Waals surface area (Å²) in [7, 11) is 0. The summed E-state index contributed by atoms with van der Waals surface area (Å²) < 4.78 is 22.8. The number of hydrogen-bond donors (Lipinski definition) is 0. The van der Waals surface area contributed by atoms with E-state index >= 15 is 0 Å². The molecule has 0 fully saturated rings. The zero-order valence-electron chi connectivity index (χ0n) is 11.8. The van der Waals surface area contributed by atoms with Crippen LogP contribution in [0.15, 0.2) is 28.8 Å². The van der Waals surface area contributed by atoms with Crippen LogP contribution in [0.2, 0.25) is 0 Å². The SMILES string of the molecule is Cc1noc(C)c1C(=O)O[C@@H](C)C(=O)c1ccc(F)cc1. The lowest BCUT2D eigenvalue weighted by Gasteiger charge is -2.12. The molecule has 21 heavy (non-hydrogen) atoms. The molecule has 0 N–H and O–H groups in total. The number of benzene rings is 1. The Morgan fingerprint density at radius 1 is 1.24 bits per heavy atom. The van der Waals surface area contributed by atoms with Gasteiger partial charge in [-0.3, -0.25) is 4.79 Å². The van der Waals surface area contributed by atoms with Gasteiger partial charge in [-0.25, -0.2) is 9.18 Å². The second-order valence-electron chi connectivity index (χ2n) is 4.62. The highest BCUT2D eigenvalue weighted by Crippen LogP contribution is 2.16. The summed E-state index contributed by atoms with van der Waals surface area (Å²) >= 11 is 0. The van der Waals surface area contributed by atoms with Gasteiger partial charge in [-0.15, -0.1) is 0 Å². The third-order valence-corrected chi connectivity index (χ3v) is 3.02. The van der Waals surface area contributed by atoms with Crippen LogP contribution in [0.4, 0.5) is 4.39 Å². The molecule has 1 atom stereocenters. The molecule has 6 heteroatoms. The lowest BCUT2D eigenvalue weighted by atomic mass is 10.1. The summed E-state index contributed by atoms with van der Waals surface area (Å²) in [6, 6.07) is 5.04. The zero-order chi connectivity index (χ0) is 15.6. The smallest absolute Gasteiger partial charge is 0.344 e. The van der Waals surface area contributed by atoms with Crippen molar-refractivity contribution in [1.82, 2.24) is 5.16 Å². The first kappa shape index (κ1) is 14.9. The van der Waals surface area contributed by atoms with Gasteiger partial charge in [-0.1, -0.05) is 5.16 Å². The number of aryl methyl sites for hydroxylation is 2. The molecule has 5 nitrogen and oxygen atoms in total. The number of ether oxygens (including phenoxy) is 1. The van der Waals surface area contributed by atoms with E-state index in [1.807, 2.05) is 0 Å². The van der Waals surface area contributed by atoms with Gasteiger partial charge in [0, 0.05) is 5.56 Å². The molecule has 1 heterocycles. The number of rotatable bonds is 4. The molecule has 0 aliphatic rings. The maximum atomic E-state index is 12.8. The monoisotopic (exact) mass is 291 g/mol. The lowest BCUT2D eigenvalue weighted by Crippen LogP contribution is -2.25. The van der Waals surface area contributed by atoms with Crippen LogP contribution in [-0.2, 0) is 4.74 Å². The Kier molecular flexibility index (Phi) is 4.16. The predicted molar refractivity (Wildman–Crippen MR) is 71.6 cm³/mol. The van der Waals surface area contributed by atoms with Gasteiger partial charge >= 0.3 is 5.97 Å². The fraction of sp³-hybridized carbons (Fsp3) is 0.267. The van der Waals surface area contributed by atoms with E-state index in [2.05, 4.69) is 5.16 Å². The second kappa shape index (κ2) is 5.87. The molecule has 1 aromatic heterocycles. The van der Waals surface area contributed by atoms with Gasteiger partial charge in [0.25, 0.3) is 0 Å². The molecule has 0 radical (unpaired) electrons. The van der Waals surface area contributed by atoms with Crippen molar-refractivity contribution in [2.75, 3.05) is 0 Å². The van der Waals surface area contributed by atoms with E-state index < -0.39 is 23.7 Å². The highest BCUT2D eigenvalue weighted by molar-refractivity contribution is 6.01. The summed E-state index contributed by atoms with van der Waals surface area (Å²) in [6.07, 6.45) is -0.989. The number of carbonyl (C=O) groups is 2. The van der Waals surface area contributed by atoms with E-state index in [1.165, 1.54) is 31.2 Å². The number of ketones is 1. The molecule has 0 bridgehead atoms. The first-order valence-corrected chi connectivity index (χ1v) is 6.33. The van der Waals surface area contributed by atoms with Crippen LogP contribution in [0.5, 0.6) is 0 Å². The number of carbonyl (C=O) groups excluding carboxylic acids is 2. The molecular formula is C15H14FNO4. The van der Waals surface area contributed by atoms with Crippen LogP contribution in [0.1, 0.15) is 39.1 Å². The van der Waals surface area contributed by atoms with Crippen molar-refractivity contribution >= 4 is 11.8 Å². The number of aromatic nitrogens is 1. The minimum absolute atomic E-state index is 0.216. The number of esters is 1. The molecule has 0 unspecified atom stereocenters. The fourth-order valence-corrected chi connectivity index (χ4v) is 1.90. The summed E-state index contributed by atoms with van der Waals surface area (Å²) in [5.41, 5.74) is 0.892. The minimum atomic E-state index is -0.989. The number of halogens is 1. The zero-order valence-corrected chi connectivity index (χ0v) is 11.8. The van der Waals surface area contributed by atoms with Gasteiger partial charge in [-0.05, 0) is 45.0 Å². The molecule has 0 saturated carbocycles. The van der Waals surface area contributed by atoms with Crippen LogP contribution < -0.4 is 0 Å². The fourth-order valence-electron chi connectivity index (χ4n) is 1.90. The maximum absolute atomic E-state index is 12.8. The highest BCUT2D eigenvalue weighted by Gasteiger charge is 2.24. The topological polar surface area (TPSA) is 69.4 Å². The molecular weight excluding hydrogens is 277 g/mol. The Labute approximate surface area is 120 Å². The summed E-state index contributed by atoms with van der Waals surface area (Å²) in [6.45, 7) is 4.66. The van der Waals surface area contributed by atoms with Crippen molar-refractivity contribution in [3.05, 3.63) is 52.7 Å². The predicted octanol–water partition coefficient (Wildman–Crippen LogP) is 2.86. The van der Waals surface area contributed by atoms with Crippen LogP contribution in [0, 0.1) is 19.7 Å². The Morgan fingerprint density at radius 3 is 2.38 bits per heavy atom. The van der Waals surface area contributed by atoms with Crippen molar-refractivity contribution < 1.29 is 23.2 Å². The van der Waals surface area contributed by atoms with Gasteiger partial charge in [-0.2, -0.15) is 0 Å². The summed E-state index contributed by atoms with van der Waals surface area (Å²) in [5, 5.41) is 3.65. The van der Waals surface area contributed by atoms with E-state index in [0.717, 1.165) is 0 Å². The number of Topliss-reactive ketones (excluding diaryl/α,β-unsaturated/α-hetero) is 1. The van der Waals surface area contributed by atoms with Gasteiger partial charge in [0.15, 0.2) is 6.10 Å². The minimum Gasteiger partial charge on any atom is -0.451 e. The van der Waals surface area contributed by atoms with E-state index in [4.69, 9.17) is 9.26 Å². The van der Waals surface area contributed by atoms with Crippen molar-refractivity contribution in [3.8, 4) is 0 Å². The third-order valence-electron chi connectivity index (χ3n) is 3.02.